The second kappa shape index (κ2) is 2.67. The standard InChI is InChI=1S/C6H5N3O2.H2O/c10-4-2-1-3-5(6(4)11)8-9-7-3;/h1-2,10-11H,(H,7,8,9);1H2. The molecule has 0 aliphatic carbocycles. The lowest BCUT2D eigenvalue weighted by molar-refractivity contribution is 0.407. The summed E-state index contributed by atoms with van der Waals surface area (Å²) >= 11 is 0. The summed E-state index contributed by atoms with van der Waals surface area (Å²) in [6.07, 6.45) is 0. The van der Waals surface area contributed by atoms with Crippen molar-refractivity contribution >= 4 is 11.0 Å². The number of H-pyrrole nitrogens is 1. The Morgan fingerprint density at radius 1 is 1.17 bits per heavy atom. The summed E-state index contributed by atoms with van der Waals surface area (Å²) in [6, 6.07) is 2.92. The Kier molecular flexibility index (Phi) is 1.84. The van der Waals surface area contributed by atoms with Gasteiger partial charge in [-0.3, -0.25) is 0 Å². The fourth-order valence-corrected chi connectivity index (χ4v) is 0.888. The molecule has 6 nitrogen and oxygen atoms in total. The molecule has 1 heterocycles. The number of phenols is 2. The largest absolute Gasteiger partial charge is 0.504 e. The third kappa shape index (κ3) is 0.940. The van der Waals surface area contributed by atoms with Crippen molar-refractivity contribution in [3.63, 3.8) is 0 Å². The van der Waals surface area contributed by atoms with Crippen LogP contribution in [0.3, 0.4) is 0 Å². The number of rotatable bonds is 0. The molecule has 0 radical (unpaired) electrons. The first-order valence-electron chi connectivity index (χ1n) is 3.00. The number of nitrogens with one attached hydrogen (secondary N) is 1. The third-order valence-electron chi connectivity index (χ3n) is 1.44. The van der Waals surface area contributed by atoms with E-state index in [2.05, 4.69) is 15.4 Å². The molecule has 2 rings (SSSR count). The lowest BCUT2D eigenvalue weighted by atomic mass is 10.3. The highest BCUT2D eigenvalue weighted by molar-refractivity contribution is 5.82. The molecule has 12 heavy (non-hydrogen) atoms. The van der Waals surface area contributed by atoms with Gasteiger partial charge in [0.1, 0.15) is 5.52 Å². The van der Waals surface area contributed by atoms with Crippen LogP contribution in [0, 0.1) is 0 Å². The highest BCUT2D eigenvalue weighted by Crippen LogP contribution is 2.30. The second-order valence-corrected chi connectivity index (χ2v) is 2.12. The molecule has 1 aromatic heterocycles. The molecule has 2 aromatic rings. The van der Waals surface area contributed by atoms with E-state index in [1.54, 1.807) is 6.07 Å². The minimum absolute atomic E-state index is 0. The maximum Gasteiger partial charge on any atom is 0.187 e. The van der Waals surface area contributed by atoms with Crippen molar-refractivity contribution in [2.45, 2.75) is 0 Å². The van der Waals surface area contributed by atoms with Gasteiger partial charge in [-0.1, -0.05) is 0 Å². The Labute approximate surface area is 66.8 Å². The Hall–Kier alpha value is -1.82. The smallest absolute Gasteiger partial charge is 0.187 e. The molecule has 0 amide bonds. The first kappa shape index (κ1) is 8.28. The zero-order valence-corrected chi connectivity index (χ0v) is 5.94. The van der Waals surface area contributed by atoms with Crippen molar-refractivity contribution in [3.05, 3.63) is 12.1 Å². The molecular formula is C6H7N3O3. The first-order valence-corrected chi connectivity index (χ1v) is 3.00. The van der Waals surface area contributed by atoms with Crippen LogP contribution in [0.4, 0.5) is 0 Å². The van der Waals surface area contributed by atoms with Crippen LogP contribution in [0.2, 0.25) is 0 Å². The minimum Gasteiger partial charge on any atom is -0.504 e. The molecular weight excluding hydrogens is 162 g/mol. The molecule has 0 unspecified atom stereocenters. The molecule has 0 atom stereocenters. The van der Waals surface area contributed by atoms with Gasteiger partial charge in [-0.2, -0.15) is 15.4 Å². The third-order valence-corrected chi connectivity index (χ3v) is 1.44. The van der Waals surface area contributed by atoms with Crippen LogP contribution in [0.25, 0.3) is 11.0 Å². The van der Waals surface area contributed by atoms with Crippen LogP contribution in [-0.2, 0) is 0 Å². The van der Waals surface area contributed by atoms with Gasteiger partial charge in [0.2, 0.25) is 0 Å². The van der Waals surface area contributed by atoms with Crippen molar-refractivity contribution in [3.8, 4) is 11.5 Å². The Bertz CT molecular complexity index is 398. The quantitative estimate of drug-likeness (QED) is 0.463. The average Bonchev–Trinajstić information content (AvgIpc) is 2.45. The van der Waals surface area contributed by atoms with E-state index < -0.39 is 0 Å². The average molecular weight is 169 g/mol. The monoisotopic (exact) mass is 169 g/mol. The Morgan fingerprint density at radius 2 is 1.92 bits per heavy atom. The van der Waals surface area contributed by atoms with Crippen molar-refractivity contribution in [2.24, 2.45) is 0 Å². The van der Waals surface area contributed by atoms with E-state index in [0.717, 1.165) is 0 Å². The molecule has 64 valence electrons. The van der Waals surface area contributed by atoms with Crippen LogP contribution in [-0.4, -0.2) is 31.1 Å². The van der Waals surface area contributed by atoms with Crippen LogP contribution in [0.5, 0.6) is 11.5 Å². The topological polar surface area (TPSA) is 114 Å². The number of aromatic amines is 1. The van der Waals surface area contributed by atoms with E-state index in [4.69, 9.17) is 5.11 Å². The highest BCUT2D eigenvalue weighted by Gasteiger charge is 2.07. The van der Waals surface area contributed by atoms with E-state index >= 15 is 0 Å². The molecule has 6 heteroatoms. The van der Waals surface area contributed by atoms with Crippen molar-refractivity contribution in [2.75, 3.05) is 0 Å². The molecule has 1 aromatic carbocycles. The zero-order valence-electron chi connectivity index (χ0n) is 5.94. The van der Waals surface area contributed by atoms with E-state index in [1.807, 2.05) is 0 Å². The Morgan fingerprint density at radius 3 is 2.67 bits per heavy atom. The van der Waals surface area contributed by atoms with Gasteiger partial charge in [0, 0.05) is 0 Å². The zero-order chi connectivity index (χ0) is 7.84. The van der Waals surface area contributed by atoms with Gasteiger partial charge in [0.25, 0.3) is 0 Å². The number of phenolic OH excluding ortho intramolecular Hbond substituents is 2. The van der Waals surface area contributed by atoms with E-state index in [1.165, 1.54) is 6.07 Å². The predicted octanol–water partition coefficient (Wildman–Crippen LogP) is -0.456. The van der Waals surface area contributed by atoms with E-state index in [0.29, 0.717) is 5.52 Å². The van der Waals surface area contributed by atoms with Crippen LogP contribution >= 0.6 is 0 Å². The number of hydrogen-bond acceptors (Lipinski definition) is 4. The van der Waals surface area contributed by atoms with Crippen LogP contribution in [0.15, 0.2) is 12.1 Å². The summed E-state index contributed by atoms with van der Waals surface area (Å²) in [6.45, 7) is 0. The van der Waals surface area contributed by atoms with Gasteiger partial charge >= 0.3 is 0 Å². The molecule has 0 spiro atoms. The number of hydrogen-bond donors (Lipinski definition) is 3. The summed E-state index contributed by atoms with van der Waals surface area (Å²) in [7, 11) is 0. The number of fused-ring (bicyclic) bond motifs is 1. The number of aromatic nitrogens is 3. The van der Waals surface area contributed by atoms with Crippen molar-refractivity contribution in [1.82, 2.24) is 15.4 Å². The predicted molar refractivity (Wildman–Crippen MR) is 40.8 cm³/mol. The fraction of sp³-hybridized carbons (Fsp3) is 0. The fourth-order valence-electron chi connectivity index (χ4n) is 0.888. The van der Waals surface area contributed by atoms with E-state index in [9.17, 15) is 5.11 Å². The summed E-state index contributed by atoms with van der Waals surface area (Å²) in [5.74, 6) is -0.428. The van der Waals surface area contributed by atoms with Gasteiger partial charge in [-0.25, -0.2) is 0 Å². The van der Waals surface area contributed by atoms with Crippen molar-refractivity contribution in [1.29, 1.82) is 0 Å². The normalized spacial score (nSPS) is 9.67. The molecule has 0 saturated carbocycles. The van der Waals surface area contributed by atoms with E-state index in [-0.39, 0.29) is 22.5 Å². The highest BCUT2D eigenvalue weighted by atomic mass is 16.3. The summed E-state index contributed by atoms with van der Waals surface area (Å²) in [5.41, 5.74) is 0.810. The molecule has 0 fully saturated rings. The lowest BCUT2D eigenvalue weighted by Gasteiger charge is -1.93. The molecule has 0 saturated heterocycles. The number of nitrogens with zero attached hydrogens (tertiary/aromatic N) is 2. The molecule has 0 aliphatic rings. The summed E-state index contributed by atoms with van der Waals surface area (Å²) < 4.78 is 0. The maximum absolute atomic E-state index is 9.17. The SMILES string of the molecule is O.Oc1ccc2n[nH]nc2c1O. The minimum atomic E-state index is -0.240. The summed E-state index contributed by atoms with van der Waals surface area (Å²) in [4.78, 5) is 0. The van der Waals surface area contributed by atoms with Crippen molar-refractivity contribution < 1.29 is 15.7 Å². The number of aromatic hydroxyl groups is 2. The van der Waals surface area contributed by atoms with Crippen LogP contribution in [0.1, 0.15) is 0 Å². The number of benzene rings is 1. The molecule has 0 aliphatic heterocycles. The summed E-state index contributed by atoms with van der Waals surface area (Å²) in [5, 5.41) is 27.9. The van der Waals surface area contributed by atoms with Gasteiger partial charge in [-0.15, -0.1) is 0 Å². The van der Waals surface area contributed by atoms with Gasteiger partial charge in [-0.05, 0) is 12.1 Å². The van der Waals surface area contributed by atoms with Crippen LogP contribution < -0.4 is 0 Å². The molecule has 0 bridgehead atoms. The van der Waals surface area contributed by atoms with Gasteiger partial charge < -0.3 is 15.7 Å². The lowest BCUT2D eigenvalue weighted by Crippen LogP contribution is -1.72. The van der Waals surface area contributed by atoms with Gasteiger partial charge in [0.15, 0.2) is 17.0 Å². The van der Waals surface area contributed by atoms with Gasteiger partial charge in [0.05, 0.1) is 0 Å². The Balaban J connectivity index is 0.000000720. The maximum atomic E-state index is 9.17. The first-order chi connectivity index (χ1) is 5.29. The second-order valence-electron chi connectivity index (χ2n) is 2.12. The molecule has 5 N–H and O–H groups in total.